The van der Waals surface area contributed by atoms with Gasteiger partial charge in [-0.2, -0.15) is 0 Å². The fourth-order valence-electron chi connectivity index (χ4n) is 11.2. The monoisotopic (exact) mass is 1010 g/mol. The standard InChI is InChI=1S/C72H74N4O/c1-68(2,3)52-29-33-63-62(42-52)61-32-31-59(46-65(61)76(63)67-44-54(35-36-73-67)71(10,11)50-25-19-15-20-26-50)77-60-41-56(72(12,13)51-27-21-16-22-28-51)40-58(45-60)74-47-75(66-43-53(69(4,5)6)30-34-64(66)74)57-38-49(48-23-17-14-18-24-48)37-55(39-57)70(7,8)9/h14-46H,47H2,1-13H3. The maximum Gasteiger partial charge on any atom is 0.137 e. The van der Waals surface area contributed by atoms with Crippen molar-refractivity contribution in [3.8, 4) is 28.4 Å². The van der Waals surface area contributed by atoms with Crippen molar-refractivity contribution in [3.05, 3.63) is 239 Å². The van der Waals surface area contributed by atoms with Crippen LogP contribution < -0.4 is 14.5 Å². The van der Waals surface area contributed by atoms with Crippen molar-refractivity contribution < 1.29 is 4.74 Å². The van der Waals surface area contributed by atoms with Crippen molar-refractivity contribution >= 4 is 44.6 Å². The molecule has 2 aromatic heterocycles. The van der Waals surface area contributed by atoms with Gasteiger partial charge in [-0.1, -0.05) is 199 Å². The molecule has 3 heterocycles. The fraction of sp³-hybridized carbons (Fsp3) is 0.264. The topological polar surface area (TPSA) is 33.5 Å². The summed E-state index contributed by atoms with van der Waals surface area (Å²) in [6.07, 6.45) is 1.96. The Kier molecular flexibility index (Phi) is 12.6. The summed E-state index contributed by atoms with van der Waals surface area (Å²) in [6.45, 7) is 30.6. The maximum atomic E-state index is 7.27. The number of ether oxygens (including phenoxy) is 1. The first-order valence-electron chi connectivity index (χ1n) is 27.4. The van der Waals surface area contributed by atoms with E-state index in [2.05, 4.69) is 298 Å². The lowest BCUT2D eigenvalue weighted by atomic mass is 9.78. The first-order chi connectivity index (χ1) is 36.5. The van der Waals surface area contributed by atoms with Crippen LogP contribution in [-0.4, -0.2) is 16.2 Å². The zero-order valence-electron chi connectivity index (χ0n) is 47.5. The molecule has 0 saturated carbocycles. The third-order valence-electron chi connectivity index (χ3n) is 16.4. The largest absolute Gasteiger partial charge is 0.457 e. The summed E-state index contributed by atoms with van der Waals surface area (Å²) in [4.78, 5) is 10.1. The minimum Gasteiger partial charge on any atom is -0.457 e. The molecule has 0 bridgehead atoms. The Labute approximate surface area is 457 Å². The lowest BCUT2D eigenvalue weighted by Crippen LogP contribution is -2.25. The van der Waals surface area contributed by atoms with Crippen LogP contribution in [0.4, 0.5) is 22.7 Å². The van der Waals surface area contributed by atoms with Gasteiger partial charge in [0.2, 0.25) is 0 Å². The van der Waals surface area contributed by atoms with Crippen molar-refractivity contribution in [2.24, 2.45) is 0 Å². The number of benzene rings is 8. The van der Waals surface area contributed by atoms with E-state index in [0.29, 0.717) is 6.67 Å². The number of pyridine rings is 1. The summed E-state index contributed by atoms with van der Waals surface area (Å²) in [6, 6.07) is 71.4. The van der Waals surface area contributed by atoms with Gasteiger partial charge in [0.15, 0.2) is 0 Å². The molecule has 5 heteroatoms. The van der Waals surface area contributed by atoms with E-state index in [1.807, 2.05) is 6.20 Å². The molecule has 1 aliphatic rings. The molecule has 0 amide bonds. The molecule has 11 rings (SSSR count). The lowest BCUT2D eigenvalue weighted by molar-refractivity contribution is 0.480. The van der Waals surface area contributed by atoms with Crippen molar-refractivity contribution in [1.82, 2.24) is 9.55 Å². The van der Waals surface area contributed by atoms with Gasteiger partial charge in [0, 0.05) is 51.3 Å². The van der Waals surface area contributed by atoms with E-state index in [1.54, 1.807) is 0 Å². The Bertz CT molecular complexity index is 3810. The molecule has 0 atom stereocenters. The summed E-state index contributed by atoms with van der Waals surface area (Å²) in [7, 11) is 0. The molecule has 10 aromatic rings. The molecule has 0 N–H and O–H groups in total. The Morgan fingerprint density at radius 2 is 0.935 bits per heavy atom. The molecule has 0 radical (unpaired) electrons. The highest BCUT2D eigenvalue weighted by Gasteiger charge is 2.34. The molecule has 8 aromatic carbocycles. The predicted octanol–water partition coefficient (Wildman–Crippen LogP) is 19.4. The van der Waals surface area contributed by atoms with Crippen LogP contribution in [0.25, 0.3) is 38.8 Å². The average Bonchev–Trinajstić information content (AvgIpc) is 4.03. The van der Waals surface area contributed by atoms with E-state index in [1.165, 1.54) is 61.3 Å². The van der Waals surface area contributed by atoms with Crippen LogP contribution >= 0.6 is 0 Å². The van der Waals surface area contributed by atoms with Gasteiger partial charge in [0.1, 0.15) is 24.0 Å². The van der Waals surface area contributed by atoms with Crippen LogP contribution in [0, 0.1) is 0 Å². The van der Waals surface area contributed by atoms with Crippen LogP contribution in [0.1, 0.15) is 129 Å². The predicted molar refractivity (Wildman–Crippen MR) is 326 cm³/mol. The van der Waals surface area contributed by atoms with E-state index < -0.39 is 0 Å². The number of hydrogen-bond acceptors (Lipinski definition) is 4. The molecule has 5 nitrogen and oxygen atoms in total. The first-order valence-corrected chi connectivity index (χ1v) is 27.4. The van der Waals surface area contributed by atoms with Crippen LogP contribution in [0.5, 0.6) is 11.5 Å². The zero-order valence-corrected chi connectivity index (χ0v) is 47.5. The lowest BCUT2D eigenvalue weighted by Gasteiger charge is -2.29. The van der Waals surface area contributed by atoms with Gasteiger partial charge in [0.05, 0.1) is 22.4 Å². The van der Waals surface area contributed by atoms with Crippen LogP contribution in [0.3, 0.4) is 0 Å². The highest BCUT2D eigenvalue weighted by atomic mass is 16.5. The smallest absolute Gasteiger partial charge is 0.137 e. The molecule has 0 unspecified atom stereocenters. The fourth-order valence-corrected chi connectivity index (χ4v) is 11.2. The molecule has 1 aliphatic heterocycles. The number of anilines is 4. The minimum absolute atomic E-state index is 0.0247. The molecule has 77 heavy (non-hydrogen) atoms. The Balaban J connectivity index is 1.07. The van der Waals surface area contributed by atoms with Crippen LogP contribution in [0.2, 0.25) is 0 Å². The zero-order chi connectivity index (χ0) is 54.2. The second-order valence-corrected chi connectivity index (χ2v) is 25.5. The Morgan fingerprint density at radius 3 is 1.58 bits per heavy atom. The molecule has 0 fully saturated rings. The quantitative estimate of drug-likeness (QED) is 0.137. The number of rotatable bonds is 10. The van der Waals surface area contributed by atoms with Gasteiger partial charge in [-0.3, -0.25) is 4.57 Å². The molecule has 388 valence electrons. The van der Waals surface area contributed by atoms with E-state index >= 15 is 0 Å². The van der Waals surface area contributed by atoms with E-state index in [-0.39, 0.29) is 27.1 Å². The third kappa shape index (κ3) is 9.71. The van der Waals surface area contributed by atoms with Gasteiger partial charge in [0.25, 0.3) is 0 Å². The summed E-state index contributed by atoms with van der Waals surface area (Å²) in [5.41, 5.74) is 17.2. The van der Waals surface area contributed by atoms with Crippen LogP contribution in [-0.2, 0) is 27.1 Å². The SMILES string of the molecule is CC(C)(C)c1cc(-c2ccccc2)cc(N2CN(c3cc(Oc4ccc5c6cc(C(C)(C)C)ccc6n(-c6cc(C(C)(C)c7ccccc7)ccn6)c5c4)cc(C(C)(C)c4ccccc4)c3)c3ccc(C(C)(C)C)cc32)c1. The summed E-state index contributed by atoms with van der Waals surface area (Å²) in [5.74, 6) is 2.40. The van der Waals surface area contributed by atoms with Crippen molar-refractivity contribution in [2.45, 2.75) is 117 Å². The molecule has 0 aliphatic carbocycles. The van der Waals surface area contributed by atoms with Gasteiger partial charge < -0.3 is 14.5 Å². The molecule has 0 spiro atoms. The van der Waals surface area contributed by atoms with E-state index in [9.17, 15) is 0 Å². The van der Waals surface area contributed by atoms with Crippen LogP contribution in [0.15, 0.2) is 200 Å². The molecular formula is C72H74N4O. The van der Waals surface area contributed by atoms with Crippen molar-refractivity contribution in [1.29, 1.82) is 0 Å². The second kappa shape index (κ2) is 19.0. The highest BCUT2D eigenvalue weighted by molar-refractivity contribution is 6.10. The summed E-state index contributed by atoms with van der Waals surface area (Å²) in [5, 5.41) is 2.35. The Hall–Kier alpha value is -7.89. The third-order valence-corrected chi connectivity index (χ3v) is 16.4. The number of fused-ring (bicyclic) bond motifs is 4. The van der Waals surface area contributed by atoms with Gasteiger partial charge in [-0.05, 0) is 139 Å². The van der Waals surface area contributed by atoms with E-state index in [4.69, 9.17) is 9.72 Å². The van der Waals surface area contributed by atoms with E-state index in [0.717, 1.165) is 50.7 Å². The normalized spacial score (nSPS) is 13.4. The van der Waals surface area contributed by atoms with Gasteiger partial charge in [-0.25, -0.2) is 4.98 Å². The molecular weight excluding hydrogens is 937 g/mol. The average molecular weight is 1010 g/mol. The molecule has 0 saturated heterocycles. The number of hydrogen-bond donors (Lipinski definition) is 0. The summed E-state index contributed by atoms with van der Waals surface area (Å²) >= 11 is 0. The van der Waals surface area contributed by atoms with Gasteiger partial charge >= 0.3 is 0 Å². The van der Waals surface area contributed by atoms with Crippen molar-refractivity contribution in [3.63, 3.8) is 0 Å². The minimum atomic E-state index is -0.356. The first kappa shape index (κ1) is 51.2. The Morgan fingerprint density at radius 1 is 0.364 bits per heavy atom. The summed E-state index contributed by atoms with van der Waals surface area (Å²) < 4.78 is 9.59. The second-order valence-electron chi connectivity index (χ2n) is 25.5. The highest BCUT2D eigenvalue weighted by Crippen LogP contribution is 2.50. The van der Waals surface area contributed by atoms with Gasteiger partial charge in [-0.15, -0.1) is 0 Å². The number of aromatic nitrogens is 2. The number of nitrogens with zero attached hydrogens (tertiary/aromatic N) is 4. The van der Waals surface area contributed by atoms with Crippen molar-refractivity contribution in [2.75, 3.05) is 16.5 Å². The maximum absolute atomic E-state index is 7.27.